The van der Waals surface area contributed by atoms with Gasteiger partial charge in [-0.15, -0.1) is 0 Å². The molecule has 246 valence electrons. The molecule has 0 amide bonds. The first-order valence-corrected chi connectivity index (χ1v) is 15.5. The molecule has 5 N–H and O–H groups in total. The summed E-state index contributed by atoms with van der Waals surface area (Å²) in [7, 11) is 0. The Labute approximate surface area is 276 Å². The van der Waals surface area contributed by atoms with Crippen LogP contribution in [0.2, 0.25) is 0 Å². The van der Waals surface area contributed by atoms with E-state index in [4.69, 9.17) is 20.4 Å². The van der Waals surface area contributed by atoms with E-state index in [1.807, 2.05) is 116 Å². The van der Waals surface area contributed by atoms with E-state index in [0.717, 1.165) is 46.2 Å². The number of hydrogen-bond donors (Lipinski definition) is 5. The molecule has 0 saturated carbocycles. The molecule has 0 aliphatic rings. The summed E-state index contributed by atoms with van der Waals surface area (Å²) in [4.78, 5) is 0. The summed E-state index contributed by atoms with van der Waals surface area (Å²) < 4.78 is 0. The van der Waals surface area contributed by atoms with E-state index in [-0.39, 0.29) is 0 Å². The van der Waals surface area contributed by atoms with E-state index in [9.17, 15) is 5.11 Å². The molecular formula is C41H52O5. The Balaban J connectivity index is 0.000000288. The first kappa shape index (κ1) is 39.1. The fourth-order valence-corrected chi connectivity index (χ4v) is 4.01. The van der Waals surface area contributed by atoms with E-state index in [0.29, 0.717) is 28.7 Å². The van der Waals surface area contributed by atoms with Crippen molar-refractivity contribution in [1.29, 1.82) is 0 Å². The van der Waals surface area contributed by atoms with Gasteiger partial charge in [-0.25, -0.2) is 0 Å². The number of benzene rings is 5. The van der Waals surface area contributed by atoms with Crippen molar-refractivity contribution in [2.45, 2.75) is 75.2 Å². The highest BCUT2D eigenvalue weighted by molar-refractivity contribution is 5.38. The van der Waals surface area contributed by atoms with Gasteiger partial charge in [0.25, 0.3) is 0 Å². The van der Waals surface area contributed by atoms with Gasteiger partial charge in [0.15, 0.2) is 0 Å². The second-order valence-corrected chi connectivity index (χ2v) is 11.5. The van der Waals surface area contributed by atoms with Gasteiger partial charge in [0.1, 0.15) is 28.7 Å². The second kappa shape index (κ2) is 20.2. The standard InChI is InChI=1S/C9H12O.4C8H10O/c1-2-3-8-4-6-9(10)7-5-8;1-6-3-4-8(9)5-7(6)2;1-6-3-4-8(9)7(2)5-6;1-6-3-4-7(2)8(9)5-6;1-6-4-3-5-7(2)8(6)9/h4-7,10H,2-3H2,1H3;4*3-5,9H,1-2H3. The van der Waals surface area contributed by atoms with Gasteiger partial charge in [-0.05, 0) is 143 Å². The van der Waals surface area contributed by atoms with Crippen LogP contribution in [-0.4, -0.2) is 25.5 Å². The SMILES string of the molecule is CCCc1ccc(O)cc1.Cc1ccc(C)c(O)c1.Cc1ccc(O)c(C)c1.Cc1ccc(O)cc1C.Cc1cccc(C)c1O. The summed E-state index contributed by atoms with van der Waals surface area (Å²) in [6.45, 7) is 17.7. The minimum Gasteiger partial charge on any atom is -0.508 e. The molecule has 0 fully saturated rings. The van der Waals surface area contributed by atoms with Crippen LogP contribution in [0.5, 0.6) is 28.7 Å². The number of aryl methyl sites for hydroxylation is 9. The van der Waals surface area contributed by atoms with Crippen LogP contribution < -0.4 is 0 Å². The number of para-hydroxylation sites is 1. The summed E-state index contributed by atoms with van der Waals surface area (Å²) in [6, 6.07) is 29.7. The van der Waals surface area contributed by atoms with Crippen molar-refractivity contribution >= 4 is 0 Å². The van der Waals surface area contributed by atoms with Crippen molar-refractivity contribution in [3.05, 3.63) is 147 Å². The van der Waals surface area contributed by atoms with Crippen LogP contribution in [-0.2, 0) is 6.42 Å². The molecule has 0 atom stereocenters. The molecule has 0 radical (unpaired) electrons. The zero-order valence-electron chi connectivity index (χ0n) is 28.9. The molecule has 5 aromatic rings. The molecule has 5 nitrogen and oxygen atoms in total. The average molecular weight is 625 g/mol. The molecule has 0 heterocycles. The Kier molecular flexibility index (Phi) is 17.2. The molecule has 5 aromatic carbocycles. The third-order valence-corrected chi connectivity index (χ3v) is 7.12. The summed E-state index contributed by atoms with van der Waals surface area (Å²) in [5.41, 5.74) is 9.67. The zero-order valence-corrected chi connectivity index (χ0v) is 28.9. The van der Waals surface area contributed by atoms with Crippen LogP contribution >= 0.6 is 0 Å². The first-order valence-electron chi connectivity index (χ1n) is 15.5. The highest BCUT2D eigenvalue weighted by atomic mass is 16.3. The van der Waals surface area contributed by atoms with Crippen molar-refractivity contribution in [3.8, 4) is 28.7 Å². The van der Waals surface area contributed by atoms with Crippen LogP contribution in [0.4, 0.5) is 0 Å². The molecule has 5 heteroatoms. The predicted molar refractivity (Wildman–Crippen MR) is 192 cm³/mol. The van der Waals surface area contributed by atoms with E-state index in [1.165, 1.54) is 16.7 Å². The monoisotopic (exact) mass is 624 g/mol. The largest absolute Gasteiger partial charge is 0.508 e. The van der Waals surface area contributed by atoms with E-state index in [2.05, 4.69) is 6.92 Å². The molecular weight excluding hydrogens is 572 g/mol. The number of hydrogen-bond acceptors (Lipinski definition) is 5. The van der Waals surface area contributed by atoms with Gasteiger partial charge < -0.3 is 25.5 Å². The average Bonchev–Trinajstić information content (AvgIpc) is 3.01. The van der Waals surface area contributed by atoms with Gasteiger partial charge in [-0.1, -0.05) is 79.6 Å². The summed E-state index contributed by atoms with van der Waals surface area (Å²) in [5.74, 6) is 1.87. The molecule has 5 rings (SSSR count). The van der Waals surface area contributed by atoms with Gasteiger partial charge in [-0.2, -0.15) is 0 Å². The normalized spacial score (nSPS) is 9.59. The second-order valence-electron chi connectivity index (χ2n) is 11.5. The van der Waals surface area contributed by atoms with Gasteiger partial charge in [-0.3, -0.25) is 0 Å². The van der Waals surface area contributed by atoms with Crippen molar-refractivity contribution in [3.63, 3.8) is 0 Å². The Hall–Kier alpha value is -4.90. The molecule has 0 aliphatic carbocycles. The van der Waals surface area contributed by atoms with Gasteiger partial charge in [0.2, 0.25) is 0 Å². The molecule has 0 unspecified atom stereocenters. The number of rotatable bonds is 2. The summed E-state index contributed by atoms with van der Waals surface area (Å²) in [6.07, 6.45) is 2.26. The maximum Gasteiger partial charge on any atom is 0.121 e. The minimum absolute atomic E-state index is 0.345. The molecule has 0 aliphatic heterocycles. The highest BCUT2D eigenvalue weighted by Crippen LogP contribution is 2.19. The minimum atomic E-state index is 0.345. The van der Waals surface area contributed by atoms with Gasteiger partial charge >= 0.3 is 0 Å². The van der Waals surface area contributed by atoms with Crippen LogP contribution in [0.15, 0.2) is 97.1 Å². The molecule has 0 saturated heterocycles. The van der Waals surface area contributed by atoms with Crippen molar-refractivity contribution in [2.24, 2.45) is 0 Å². The van der Waals surface area contributed by atoms with Crippen molar-refractivity contribution in [1.82, 2.24) is 0 Å². The smallest absolute Gasteiger partial charge is 0.121 e. The van der Waals surface area contributed by atoms with Crippen molar-refractivity contribution in [2.75, 3.05) is 0 Å². The fraction of sp³-hybridized carbons (Fsp3) is 0.268. The van der Waals surface area contributed by atoms with E-state index < -0.39 is 0 Å². The maximum absolute atomic E-state index is 9.21. The maximum atomic E-state index is 9.21. The lowest BCUT2D eigenvalue weighted by Crippen LogP contribution is -1.79. The molecule has 46 heavy (non-hydrogen) atoms. The fourth-order valence-electron chi connectivity index (χ4n) is 4.01. The third-order valence-electron chi connectivity index (χ3n) is 7.12. The van der Waals surface area contributed by atoms with E-state index >= 15 is 0 Å². The van der Waals surface area contributed by atoms with Crippen LogP contribution in [0.25, 0.3) is 0 Å². The quantitative estimate of drug-likeness (QED) is 0.135. The van der Waals surface area contributed by atoms with Gasteiger partial charge in [0.05, 0.1) is 0 Å². The Bertz CT molecular complexity index is 1480. The lowest BCUT2D eigenvalue weighted by atomic mass is 10.1. The first-order chi connectivity index (χ1) is 21.6. The molecule has 0 aromatic heterocycles. The Morgan fingerprint density at radius 3 is 1.37 bits per heavy atom. The molecule has 0 spiro atoms. The van der Waals surface area contributed by atoms with Crippen LogP contribution in [0, 0.1) is 55.4 Å². The van der Waals surface area contributed by atoms with Crippen LogP contribution in [0.1, 0.15) is 63.4 Å². The third kappa shape index (κ3) is 15.2. The van der Waals surface area contributed by atoms with Crippen molar-refractivity contribution < 1.29 is 25.5 Å². The van der Waals surface area contributed by atoms with E-state index in [1.54, 1.807) is 36.4 Å². The number of aromatic hydroxyl groups is 5. The predicted octanol–water partition coefficient (Wildman–Crippen LogP) is 10.4. The van der Waals surface area contributed by atoms with Gasteiger partial charge in [0, 0.05) is 0 Å². The summed E-state index contributed by atoms with van der Waals surface area (Å²) in [5, 5.41) is 45.2. The number of phenolic OH excluding ortho intramolecular Hbond substituents is 5. The Morgan fingerprint density at radius 1 is 0.413 bits per heavy atom. The lowest BCUT2D eigenvalue weighted by Gasteiger charge is -1.99. The molecule has 0 bridgehead atoms. The summed E-state index contributed by atoms with van der Waals surface area (Å²) >= 11 is 0. The zero-order chi connectivity index (χ0) is 34.8. The highest BCUT2D eigenvalue weighted by Gasteiger charge is 1.96. The Morgan fingerprint density at radius 2 is 0.935 bits per heavy atom. The lowest BCUT2D eigenvalue weighted by molar-refractivity contribution is 0.467. The van der Waals surface area contributed by atoms with Crippen LogP contribution in [0.3, 0.4) is 0 Å². The number of phenols is 5. The topological polar surface area (TPSA) is 101 Å².